The van der Waals surface area contributed by atoms with E-state index in [1.807, 2.05) is 41.3 Å². The van der Waals surface area contributed by atoms with Gasteiger partial charge in [-0.05, 0) is 11.1 Å². The van der Waals surface area contributed by atoms with Gasteiger partial charge in [-0.1, -0.05) is 60.7 Å². The van der Waals surface area contributed by atoms with Gasteiger partial charge in [0.05, 0.1) is 12.5 Å². The highest BCUT2D eigenvalue weighted by Crippen LogP contribution is 2.28. The average molecular weight is 237 g/mol. The summed E-state index contributed by atoms with van der Waals surface area (Å²) in [5.74, 6) is 0.218. The molecule has 1 amide bonds. The number of nitrogens with zero attached hydrogens (tertiary/aromatic N) is 1. The maximum atomic E-state index is 12.1. The first-order chi connectivity index (χ1) is 8.84. The quantitative estimate of drug-likeness (QED) is 0.774. The van der Waals surface area contributed by atoms with Crippen LogP contribution in [0.15, 0.2) is 66.3 Å². The van der Waals surface area contributed by atoms with Gasteiger partial charge in [-0.15, -0.1) is 0 Å². The van der Waals surface area contributed by atoms with E-state index in [9.17, 15) is 4.79 Å². The van der Waals surface area contributed by atoms with Crippen LogP contribution in [0.3, 0.4) is 0 Å². The Labute approximate surface area is 107 Å². The first kappa shape index (κ1) is 11.0. The molecule has 1 aromatic carbocycles. The predicted molar refractivity (Wildman–Crippen MR) is 71.8 cm³/mol. The van der Waals surface area contributed by atoms with Gasteiger partial charge in [0.15, 0.2) is 0 Å². The van der Waals surface area contributed by atoms with E-state index in [1.165, 1.54) is 11.1 Å². The standard InChI is InChI=1S/C16H15NO/c18-16-11-14-9-5-2-6-10-15(14)17(16)12-13-7-3-1-4-8-13/h1-10,15H,11-12H2. The molecule has 0 spiro atoms. The number of benzene rings is 1. The van der Waals surface area contributed by atoms with Gasteiger partial charge in [0, 0.05) is 6.54 Å². The van der Waals surface area contributed by atoms with Gasteiger partial charge in [0.25, 0.3) is 0 Å². The third-order valence-electron chi connectivity index (χ3n) is 3.41. The van der Waals surface area contributed by atoms with Gasteiger partial charge in [0.1, 0.15) is 0 Å². The van der Waals surface area contributed by atoms with E-state index < -0.39 is 0 Å². The average Bonchev–Trinajstić information content (AvgIpc) is 2.56. The molecular formula is C16H15NO. The SMILES string of the molecule is O=C1CC2=CC=CC=CC2N1Cc1ccccc1. The van der Waals surface area contributed by atoms with Gasteiger partial charge in [-0.3, -0.25) is 4.79 Å². The minimum absolute atomic E-state index is 0.132. The van der Waals surface area contributed by atoms with Crippen LogP contribution in [-0.4, -0.2) is 16.8 Å². The summed E-state index contributed by atoms with van der Waals surface area (Å²) in [6.07, 6.45) is 10.7. The van der Waals surface area contributed by atoms with Crippen molar-refractivity contribution in [1.82, 2.24) is 4.90 Å². The molecule has 1 aromatic rings. The summed E-state index contributed by atoms with van der Waals surface area (Å²) in [6, 6.07) is 10.3. The molecule has 1 heterocycles. The Kier molecular flexibility index (Phi) is 2.85. The van der Waals surface area contributed by atoms with Crippen LogP contribution in [-0.2, 0) is 11.3 Å². The molecule has 0 N–H and O–H groups in total. The Morgan fingerprint density at radius 2 is 1.94 bits per heavy atom. The number of hydrogen-bond donors (Lipinski definition) is 0. The van der Waals surface area contributed by atoms with Gasteiger partial charge >= 0.3 is 0 Å². The second-order valence-corrected chi connectivity index (χ2v) is 4.64. The summed E-state index contributed by atoms with van der Waals surface area (Å²) >= 11 is 0. The Balaban J connectivity index is 1.86. The van der Waals surface area contributed by atoms with E-state index in [2.05, 4.69) is 24.3 Å². The summed E-state index contributed by atoms with van der Waals surface area (Å²) in [7, 11) is 0. The third-order valence-corrected chi connectivity index (χ3v) is 3.41. The number of rotatable bonds is 2. The fourth-order valence-electron chi connectivity index (χ4n) is 2.50. The molecule has 3 rings (SSSR count). The van der Waals surface area contributed by atoms with E-state index in [1.54, 1.807) is 0 Å². The lowest BCUT2D eigenvalue weighted by atomic mass is 10.1. The summed E-state index contributed by atoms with van der Waals surface area (Å²) in [6.45, 7) is 0.687. The molecule has 1 fully saturated rings. The molecule has 2 aliphatic rings. The van der Waals surface area contributed by atoms with Crippen molar-refractivity contribution in [3.05, 3.63) is 71.8 Å². The number of likely N-dealkylation sites (tertiary alicyclic amines) is 1. The van der Waals surface area contributed by atoms with Crippen LogP contribution in [0.5, 0.6) is 0 Å². The maximum absolute atomic E-state index is 12.1. The Bertz CT molecular complexity index is 539. The predicted octanol–water partition coefficient (Wildman–Crippen LogP) is 2.84. The minimum atomic E-state index is 0.132. The van der Waals surface area contributed by atoms with Crippen molar-refractivity contribution >= 4 is 5.91 Å². The van der Waals surface area contributed by atoms with Crippen LogP contribution in [0, 0.1) is 0 Å². The third kappa shape index (κ3) is 2.02. The van der Waals surface area contributed by atoms with Crippen molar-refractivity contribution in [3.63, 3.8) is 0 Å². The molecule has 1 unspecified atom stereocenters. The molecule has 0 saturated carbocycles. The fourth-order valence-corrected chi connectivity index (χ4v) is 2.50. The number of carbonyl (C=O) groups excluding carboxylic acids is 1. The molecule has 0 aromatic heterocycles. The number of amides is 1. The van der Waals surface area contributed by atoms with Crippen molar-refractivity contribution in [3.8, 4) is 0 Å². The Hall–Kier alpha value is -2.09. The fraction of sp³-hybridized carbons (Fsp3) is 0.188. The molecule has 90 valence electrons. The van der Waals surface area contributed by atoms with Crippen LogP contribution in [0.1, 0.15) is 12.0 Å². The van der Waals surface area contributed by atoms with E-state index >= 15 is 0 Å². The normalized spacial score (nSPS) is 21.8. The zero-order chi connectivity index (χ0) is 12.4. The molecule has 0 bridgehead atoms. The second kappa shape index (κ2) is 4.65. The van der Waals surface area contributed by atoms with Crippen molar-refractivity contribution in [2.24, 2.45) is 0 Å². The van der Waals surface area contributed by atoms with E-state index in [0.29, 0.717) is 13.0 Å². The number of fused-ring (bicyclic) bond motifs is 1. The first-order valence-corrected chi connectivity index (χ1v) is 6.22. The van der Waals surface area contributed by atoms with Crippen LogP contribution in [0.2, 0.25) is 0 Å². The molecule has 1 atom stereocenters. The second-order valence-electron chi connectivity index (χ2n) is 4.64. The topological polar surface area (TPSA) is 20.3 Å². The number of carbonyl (C=O) groups is 1. The van der Waals surface area contributed by atoms with E-state index in [4.69, 9.17) is 0 Å². The monoisotopic (exact) mass is 237 g/mol. The van der Waals surface area contributed by atoms with Gasteiger partial charge in [0.2, 0.25) is 5.91 Å². The molecule has 18 heavy (non-hydrogen) atoms. The Morgan fingerprint density at radius 1 is 1.11 bits per heavy atom. The number of hydrogen-bond acceptors (Lipinski definition) is 1. The molecule has 2 heteroatoms. The highest BCUT2D eigenvalue weighted by atomic mass is 16.2. The van der Waals surface area contributed by atoms with Crippen molar-refractivity contribution in [2.75, 3.05) is 0 Å². The first-order valence-electron chi connectivity index (χ1n) is 6.22. The van der Waals surface area contributed by atoms with E-state index in [0.717, 1.165) is 0 Å². The van der Waals surface area contributed by atoms with Crippen LogP contribution >= 0.6 is 0 Å². The maximum Gasteiger partial charge on any atom is 0.227 e. The van der Waals surface area contributed by atoms with Crippen molar-refractivity contribution < 1.29 is 4.79 Å². The smallest absolute Gasteiger partial charge is 0.227 e. The molecular weight excluding hydrogens is 222 g/mol. The zero-order valence-corrected chi connectivity index (χ0v) is 10.1. The lowest BCUT2D eigenvalue weighted by Crippen LogP contribution is -2.31. The molecule has 1 saturated heterocycles. The van der Waals surface area contributed by atoms with Gasteiger partial charge in [-0.2, -0.15) is 0 Å². The van der Waals surface area contributed by atoms with Crippen LogP contribution < -0.4 is 0 Å². The van der Waals surface area contributed by atoms with Crippen molar-refractivity contribution in [2.45, 2.75) is 19.0 Å². The minimum Gasteiger partial charge on any atom is -0.328 e. The van der Waals surface area contributed by atoms with Crippen molar-refractivity contribution in [1.29, 1.82) is 0 Å². The van der Waals surface area contributed by atoms with E-state index in [-0.39, 0.29) is 11.9 Å². The summed E-state index contributed by atoms with van der Waals surface area (Å²) in [4.78, 5) is 14.0. The lowest BCUT2D eigenvalue weighted by Gasteiger charge is -2.22. The largest absolute Gasteiger partial charge is 0.328 e. The van der Waals surface area contributed by atoms with Gasteiger partial charge in [-0.25, -0.2) is 0 Å². The summed E-state index contributed by atoms with van der Waals surface area (Å²) < 4.78 is 0. The van der Waals surface area contributed by atoms with Crippen LogP contribution in [0.4, 0.5) is 0 Å². The molecule has 0 radical (unpaired) electrons. The Morgan fingerprint density at radius 3 is 2.78 bits per heavy atom. The van der Waals surface area contributed by atoms with Gasteiger partial charge < -0.3 is 4.90 Å². The highest BCUT2D eigenvalue weighted by molar-refractivity contribution is 5.84. The molecule has 1 aliphatic heterocycles. The summed E-state index contributed by atoms with van der Waals surface area (Å²) in [5.41, 5.74) is 2.37. The molecule has 1 aliphatic carbocycles. The zero-order valence-electron chi connectivity index (χ0n) is 10.1. The highest BCUT2D eigenvalue weighted by Gasteiger charge is 2.33. The summed E-state index contributed by atoms with van der Waals surface area (Å²) in [5, 5.41) is 0. The van der Waals surface area contributed by atoms with Crippen LogP contribution in [0.25, 0.3) is 0 Å². The molecule has 2 nitrogen and oxygen atoms in total. The number of allylic oxidation sites excluding steroid dienone is 4. The lowest BCUT2D eigenvalue weighted by molar-refractivity contribution is -0.129.